The van der Waals surface area contributed by atoms with E-state index in [4.69, 9.17) is 14.2 Å². The maximum Gasteiger partial charge on any atom is 0.203 e. The van der Waals surface area contributed by atoms with Crippen molar-refractivity contribution in [2.75, 3.05) is 26.3 Å². The molecule has 0 spiro atoms. The van der Waals surface area contributed by atoms with Crippen molar-refractivity contribution in [3.05, 3.63) is 53.4 Å². The Morgan fingerprint density at radius 3 is 2.57 bits per heavy atom. The lowest BCUT2D eigenvalue weighted by molar-refractivity contribution is 0.317. The number of ether oxygens (including phenoxy) is 3. The SMILES string of the molecule is CCCOc1ccc(/C=N\Nc2nc(-c3ccc(OC)c(OC)c3)cs2)cc1. The lowest BCUT2D eigenvalue weighted by Gasteiger charge is -2.08. The van der Waals surface area contributed by atoms with E-state index in [1.807, 2.05) is 47.8 Å². The molecule has 1 heterocycles. The zero-order chi connectivity index (χ0) is 19.8. The van der Waals surface area contributed by atoms with Gasteiger partial charge in [-0.3, -0.25) is 5.43 Å². The van der Waals surface area contributed by atoms with Gasteiger partial charge in [-0.25, -0.2) is 4.98 Å². The topological polar surface area (TPSA) is 65.0 Å². The van der Waals surface area contributed by atoms with E-state index in [2.05, 4.69) is 22.4 Å². The number of nitrogens with one attached hydrogen (secondary N) is 1. The molecule has 2 aromatic carbocycles. The van der Waals surface area contributed by atoms with E-state index in [1.54, 1.807) is 20.4 Å². The highest BCUT2D eigenvalue weighted by Crippen LogP contribution is 2.33. The van der Waals surface area contributed by atoms with Crippen LogP contribution in [0.3, 0.4) is 0 Å². The van der Waals surface area contributed by atoms with Gasteiger partial charge >= 0.3 is 0 Å². The molecule has 0 aliphatic heterocycles. The fourth-order valence-corrected chi connectivity index (χ4v) is 3.15. The maximum absolute atomic E-state index is 5.57. The first-order chi connectivity index (χ1) is 13.7. The van der Waals surface area contributed by atoms with Crippen molar-refractivity contribution in [3.8, 4) is 28.5 Å². The molecular formula is C21H23N3O3S. The van der Waals surface area contributed by atoms with E-state index in [9.17, 15) is 0 Å². The van der Waals surface area contributed by atoms with Crippen molar-refractivity contribution in [1.29, 1.82) is 0 Å². The quantitative estimate of drug-likeness (QED) is 0.404. The van der Waals surface area contributed by atoms with E-state index >= 15 is 0 Å². The molecule has 7 heteroatoms. The minimum atomic E-state index is 0.673. The second kappa shape index (κ2) is 9.75. The van der Waals surface area contributed by atoms with E-state index in [0.717, 1.165) is 35.6 Å². The predicted molar refractivity (Wildman–Crippen MR) is 114 cm³/mol. The van der Waals surface area contributed by atoms with E-state index in [-0.39, 0.29) is 0 Å². The van der Waals surface area contributed by atoms with Crippen molar-refractivity contribution < 1.29 is 14.2 Å². The highest BCUT2D eigenvalue weighted by molar-refractivity contribution is 7.14. The average Bonchev–Trinajstić information content (AvgIpc) is 3.21. The Balaban J connectivity index is 1.62. The van der Waals surface area contributed by atoms with Crippen LogP contribution in [0.1, 0.15) is 18.9 Å². The van der Waals surface area contributed by atoms with Gasteiger partial charge in [-0.1, -0.05) is 6.92 Å². The molecule has 3 rings (SSSR count). The molecule has 0 aliphatic rings. The summed E-state index contributed by atoms with van der Waals surface area (Å²) in [5.41, 5.74) is 5.75. The molecular weight excluding hydrogens is 374 g/mol. The number of nitrogens with zero attached hydrogens (tertiary/aromatic N) is 2. The molecule has 0 saturated heterocycles. The molecule has 0 saturated carbocycles. The van der Waals surface area contributed by atoms with Crippen LogP contribution in [0.4, 0.5) is 5.13 Å². The van der Waals surface area contributed by atoms with Gasteiger partial charge in [-0.05, 0) is 54.4 Å². The third-order valence-corrected chi connectivity index (χ3v) is 4.66. The third kappa shape index (κ3) is 5.01. The largest absolute Gasteiger partial charge is 0.494 e. The monoisotopic (exact) mass is 397 g/mol. The first kappa shape index (κ1) is 19.7. The molecule has 0 fully saturated rings. The number of hydrogen-bond acceptors (Lipinski definition) is 7. The van der Waals surface area contributed by atoms with Gasteiger partial charge in [0.1, 0.15) is 5.75 Å². The zero-order valence-corrected chi connectivity index (χ0v) is 17.0. The molecule has 0 bridgehead atoms. The summed E-state index contributed by atoms with van der Waals surface area (Å²) in [6, 6.07) is 13.5. The molecule has 146 valence electrons. The van der Waals surface area contributed by atoms with Crippen LogP contribution in [0.25, 0.3) is 11.3 Å². The highest BCUT2D eigenvalue weighted by atomic mass is 32.1. The number of hydrazone groups is 1. The first-order valence-corrected chi connectivity index (χ1v) is 9.81. The van der Waals surface area contributed by atoms with Crippen LogP contribution in [0.2, 0.25) is 0 Å². The molecule has 0 amide bonds. The van der Waals surface area contributed by atoms with Crippen molar-refractivity contribution in [2.45, 2.75) is 13.3 Å². The maximum atomic E-state index is 5.57. The Morgan fingerprint density at radius 2 is 1.86 bits per heavy atom. The standard InChI is InChI=1S/C21H23N3O3S/c1-4-11-27-17-8-5-15(6-9-17)13-22-24-21-23-18(14-28-21)16-7-10-19(25-2)20(12-16)26-3/h5-10,12-14H,4,11H2,1-3H3,(H,23,24)/b22-13-. The third-order valence-electron chi connectivity index (χ3n) is 3.91. The fourth-order valence-electron chi connectivity index (χ4n) is 2.49. The number of aromatic nitrogens is 1. The molecule has 0 radical (unpaired) electrons. The molecule has 0 atom stereocenters. The Labute approximate surface area is 168 Å². The van der Waals surface area contributed by atoms with Crippen LogP contribution < -0.4 is 19.6 Å². The number of benzene rings is 2. The van der Waals surface area contributed by atoms with E-state index in [1.165, 1.54) is 11.3 Å². The second-order valence-corrected chi connectivity index (χ2v) is 6.75. The summed E-state index contributed by atoms with van der Waals surface area (Å²) < 4.78 is 16.2. The van der Waals surface area contributed by atoms with Crippen LogP contribution in [0.5, 0.6) is 17.2 Å². The number of methoxy groups -OCH3 is 2. The molecule has 3 aromatic rings. The predicted octanol–water partition coefficient (Wildman–Crippen LogP) is 5.06. The van der Waals surface area contributed by atoms with Crippen molar-refractivity contribution >= 4 is 22.7 Å². The lowest BCUT2D eigenvalue weighted by Crippen LogP contribution is -1.95. The molecule has 0 aliphatic carbocycles. The van der Waals surface area contributed by atoms with Gasteiger partial charge in [-0.2, -0.15) is 5.10 Å². The first-order valence-electron chi connectivity index (χ1n) is 8.93. The van der Waals surface area contributed by atoms with Crippen molar-refractivity contribution in [1.82, 2.24) is 4.98 Å². The molecule has 1 N–H and O–H groups in total. The average molecular weight is 398 g/mol. The molecule has 0 unspecified atom stereocenters. The summed E-state index contributed by atoms with van der Waals surface area (Å²) in [6.45, 7) is 2.81. The van der Waals surface area contributed by atoms with Crippen LogP contribution in [-0.2, 0) is 0 Å². The summed E-state index contributed by atoms with van der Waals surface area (Å²) in [5, 5.41) is 6.94. The summed E-state index contributed by atoms with van der Waals surface area (Å²) in [5.74, 6) is 2.23. The van der Waals surface area contributed by atoms with Gasteiger partial charge in [0, 0.05) is 10.9 Å². The summed E-state index contributed by atoms with van der Waals surface area (Å²) >= 11 is 1.49. The summed E-state index contributed by atoms with van der Waals surface area (Å²) in [7, 11) is 3.24. The Morgan fingerprint density at radius 1 is 1.07 bits per heavy atom. The molecule has 1 aromatic heterocycles. The normalized spacial score (nSPS) is 10.8. The van der Waals surface area contributed by atoms with Gasteiger partial charge in [0.05, 0.1) is 32.7 Å². The van der Waals surface area contributed by atoms with Crippen molar-refractivity contribution in [2.24, 2.45) is 5.10 Å². The summed E-state index contributed by atoms with van der Waals surface area (Å²) in [4.78, 5) is 4.57. The van der Waals surface area contributed by atoms with Gasteiger partial charge in [-0.15, -0.1) is 11.3 Å². The lowest BCUT2D eigenvalue weighted by atomic mass is 10.1. The van der Waals surface area contributed by atoms with Crippen molar-refractivity contribution in [3.63, 3.8) is 0 Å². The summed E-state index contributed by atoms with van der Waals surface area (Å²) in [6.07, 6.45) is 2.74. The minimum absolute atomic E-state index is 0.673. The highest BCUT2D eigenvalue weighted by Gasteiger charge is 2.09. The van der Waals surface area contributed by atoms with Crippen LogP contribution in [0.15, 0.2) is 52.9 Å². The molecule has 6 nitrogen and oxygen atoms in total. The number of thiazole rings is 1. The van der Waals surface area contributed by atoms with Gasteiger partial charge in [0.2, 0.25) is 5.13 Å². The van der Waals surface area contributed by atoms with Gasteiger partial charge < -0.3 is 14.2 Å². The smallest absolute Gasteiger partial charge is 0.203 e. The minimum Gasteiger partial charge on any atom is -0.494 e. The zero-order valence-electron chi connectivity index (χ0n) is 16.1. The molecule has 28 heavy (non-hydrogen) atoms. The Bertz CT molecular complexity index is 923. The van der Waals surface area contributed by atoms with E-state index in [0.29, 0.717) is 16.6 Å². The second-order valence-electron chi connectivity index (χ2n) is 5.90. The number of hydrogen-bond donors (Lipinski definition) is 1. The Kier molecular flexibility index (Phi) is 6.86. The van der Waals surface area contributed by atoms with Crippen LogP contribution >= 0.6 is 11.3 Å². The van der Waals surface area contributed by atoms with Gasteiger partial charge in [0.15, 0.2) is 11.5 Å². The van der Waals surface area contributed by atoms with Crippen LogP contribution in [-0.4, -0.2) is 32.0 Å². The number of anilines is 1. The number of rotatable bonds is 9. The van der Waals surface area contributed by atoms with Crippen LogP contribution in [0, 0.1) is 0 Å². The Hall–Kier alpha value is -3.06. The fraction of sp³-hybridized carbons (Fsp3) is 0.238. The van der Waals surface area contributed by atoms with E-state index < -0.39 is 0 Å². The van der Waals surface area contributed by atoms with Gasteiger partial charge in [0.25, 0.3) is 0 Å².